The molecule has 0 aliphatic rings. The first-order chi connectivity index (χ1) is 22.3. The molecule has 244 valence electrons. The van der Waals surface area contributed by atoms with Crippen LogP contribution in [-0.2, 0) is 31.9 Å². The van der Waals surface area contributed by atoms with Crippen molar-refractivity contribution in [3.05, 3.63) is 132 Å². The zero-order valence-corrected chi connectivity index (χ0v) is 29.2. The van der Waals surface area contributed by atoms with Crippen LogP contribution < -0.4 is 10.4 Å². The molecule has 0 spiro atoms. The second-order valence-electron chi connectivity index (χ2n) is 13.3. The minimum atomic E-state index is -2.64. The molecule has 4 nitrogen and oxygen atoms in total. The van der Waals surface area contributed by atoms with E-state index < -0.39 is 8.32 Å². The van der Waals surface area contributed by atoms with Crippen molar-refractivity contribution in [1.29, 1.82) is 0 Å². The number of hydrogen-bond acceptors (Lipinski definition) is 4. The quantitative estimate of drug-likeness (QED) is 0.0763. The van der Waals surface area contributed by atoms with E-state index in [1.807, 2.05) is 36.4 Å². The Morgan fingerprint density at radius 1 is 0.652 bits per heavy atom. The molecule has 5 heteroatoms. The van der Waals surface area contributed by atoms with Crippen LogP contribution in [-0.4, -0.2) is 32.9 Å². The molecule has 0 radical (unpaired) electrons. The zero-order valence-electron chi connectivity index (χ0n) is 28.2. The molecule has 4 aromatic rings. The van der Waals surface area contributed by atoms with Crippen molar-refractivity contribution in [2.45, 2.75) is 96.7 Å². The van der Waals surface area contributed by atoms with Crippen molar-refractivity contribution >= 4 is 24.5 Å². The van der Waals surface area contributed by atoms with E-state index in [2.05, 4.69) is 113 Å². The van der Waals surface area contributed by atoms with Crippen molar-refractivity contribution in [1.82, 2.24) is 0 Å². The van der Waals surface area contributed by atoms with Crippen molar-refractivity contribution < 1.29 is 18.7 Å². The number of ether oxygens (including phenoxy) is 2. The lowest BCUT2D eigenvalue weighted by Gasteiger charge is -2.44. The highest BCUT2D eigenvalue weighted by Gasteiger charge is 2.50. The van der Waals surface area contributed by atoms with Gasteiger partial charge in [0.15, 0.2) is 0 Å². The maximum absolute atomic E-state index is 13.1. The molecule has 0 aliphatic heterocycles. The first-order valence-corrected chi connectivity index (χ1v) is 18.8. The molecule has 46 heavy (non-hydrogen) atoms. The van der Waals surface area contributed by atoms with Crippen LogP contribution in [0.15, 0.2) is 121 Å². The number of ketones is 1. The fourth-order valence-electron chi connectivity index (χ4n) is 6.15. The van der Waals surface area contributed by atoms with E-state index in [1.54, 1.807) is 0 Å². The molecular formula is C41H52O4Si. The van der Waals surface area contributed by atoms with Crippen molar-refractivity contribution in [3.63, 3.8) is 0 Å². The molecule has 4 rings (SSSR count). The molecule has 0 saturated heterocycles. The van der Waals surface area contributed by atoms with Crippen molar-refractivity contribution in [2.24, 2.45) is 0 Å². The molecule has 0 N–H and O–H groups in total. The Morgan fingerprint density at radius 2 is 1.15 bits per heavy atom. The predicted molar refractivity (Wildman–Crippen MR) is 192 cm³/mol. The molecule has 0 amide bonds. The number of Topliss-reactive ketones (excluding diaryl/α,β-unsaturated/α-hetero) is 1. The van der Waals surface area contributed by atoms with Crippen LogP contribution in [0.25, 0.3) is 0 Å². The lowest BCUT2D eigenvalue weighted by atomic mass is 10.0. The minimum Gasteiger partial charge on any atom is -0.405 e. The fourth-order valence-corrected chi connectivity index (χ4v) is 10.9. The summed E-state index contributed by atoms with van der Waals surface area (Å²) >= 11 is 0. The highest BCUT2D eigenvalue weighted by Crippen LogP contribution is 2.38. The van der Waals surface area contributed by atoms with Crippen molar-refractivity contribution in [3.8, 4) is 0 Å². The molecule has 4 aromatic carbocycles. The van der Waals surface area contributed by atoms with Crippen LogP contribution in [0, 0.1) is 0 Å². The van der Waals surface area contributed by atoms with Crippen LogP contribution in [0.3, 0.4) is 0 Å². The largest absolute Gasteiger partial charge is 0.405 e. The number of carbonyl (C=O) groups is 1. The summed E-state index contributed by atoms with van der Waals surface area (Å²) in [6.07, 6.45) is 4.24. The number of carbonyl (C=O) groups excluding carboxylic acids is 1. The summed E-state index contributed by atoms with van der Waals surface area (Å²) in [5.41, 5.74) is 2.33. The summed E-state index contributed by atoms with van der Waals surface area (Å²) in [6, 6.07) is 41.9. The Balaban J connectivity index is 1.30. The average Bonchev–Trinajstić information content (AvgIpc) is 3.08. The van der Waals surface area contributed by atoms with Gasteiger partial charge in [-0.25, -0.2) is 0 Å². The van der Waals surface area contributed by atoms with Gasteiger partial charge in [0.25, 0.3) is 8.32 Å². The number of rotatable bonds is 19. The summed E-state index contributed by atoms with van der Waals surface area (Å²) in [5.74, 6) is 0.292. The van der Waals surface area contributed by atoms with Gasteiger partial charge in [-0.1, -0.05) is 142 Å². The highest BCUT2D eigenvalue weighted by atomic mass is 28.4. The summed E-state index contributed by atoms with van der Waals surface area (Å²) in [6.45, 7) is 10.8. The van der Waals surface area contributed by atoms with Gasteiger partial charge in [0, 0.05) is 25.6 Å². The van der Waals surface area contributed by atoms with Crippen LogP contribution in [0.5, 0.6) is 0 Å². The lowest BCUT2D eigenvalue weighted by molar-refractivity contribution is -0.119. The second-order valence-corrected chi connectivity index (χ2v) is 17.6. The number of hydrogen-bond donors (Lipinski definition) is 0. The summed E-state index contributed by atoms with van der Waals surface area (Å²) in [5, 5.41) is 2.44. The maximum Gasteiger partial charge on any atom is 0.261 e. The molecule has 0 fully saturated rings. The second kappa shape index (κ2) is 18.1. The average molecular weight is 637 g/mol. The van der Waals surface area contributed by atoms with E-state index in [0.29, 0.717) is 44.9 Å². The van der Waals surface area contributed by atoms with Gasteiger partial charge in [-0.15, -0.1) is 0 Å². The molecular weight excluding hydrogens is 585 g/mol. The van der Waals surface area contributed by atoms with E-state index in [9.17, 15) is 4.79 Å². The zero-order chi connectivity index (χ0) is 32.7. The van der Waals surface area contributed by atoms with Gasteiger partial charge >= 0.3 is 0 Å². The summed E-state index contributed by atoms with van der Waals surface area (Å²) in [4.78, 5) is 13.1. The summed E-state index contributed by atoms with van der Waals surface area (Å²) in [7, 11) is -2.64. The Kier molecular flexibility index (Phi) is 14.0. The van der Waals surface area contributed by atoms with Crippen LogP contribution >= 0.6 is 0 Å². The SMILES string of the molecule is C[C@H](CCC(=O)CCC[C@@H](CCOCc1ccccc1)OCc1ccccc1)O[Si](c1ccccc1)(c1ccccc1)C(C)(C)C. The molecule has 2 atom stereocenters. The lowest BCUT2D eigenvalue weighted by Crippen LogP contribution is -2.67. The Hall–Kier alpha value is -3.35. The monoisotopic (exact) mass is 636 g/mol. The first kappa shape index (κ1) is 35.5. The third-order valence-corrected chi connectivity index (χ3v) is 13.8. The Bertz CT molecular complexity index is 1370. The van der Waals surface area contributed by atoms with Gasteiger partial charge in [0.2, 0.25) is 0 Å². The first-order valence-electron chi connectivity index (χ1n) is 16.9. The third-order valence-electron chi connectivity index (χ3n) is 8.63. The summed E-state index contributed by atoms with van der Waals surface area (Å²) < 4.78 is 19.5. The molecule has 0 aliphatic carbocycles. The molecule has 0 saturated carbocycles. The van der Waals surface area contributed by atoms with Crippen LogP contribution in [0.4, 0.5) is 0 Å². The van der Waals surface area contributed by atoms with Gasteiger partial charge in [-0.2, -0.15) is 0 Å². The van der Waals surface area contributed by atoms with Crippen molar-refractivity contribution in [2.75, 3.05) is 6.61 Å². The standard InChI is InChI=1S/C41H52O4Si/c1-34(45-46(41(2,3)4,39-24-13-7-14-25-39)40-26-15-8-16-27-40)28-29-37(42)22-17-23-38(44-33-36-20-11-6-12-21-36)30-31-43-32-35-18-9-5-10-19-35/h5-16,18-21,24-27,34,38H,17,22-23,28-33H2,1-4H3/t34-,38+/m1/s1. The van der Waals surface area contributed by atoms with E-state index >= 15 is 0 Å². The Labute approximate surface area is 278 Å². The van der Waals surface area contributed by atoms with Gasteiger partial charge in [-0.05, 0) is 59.1 Å². The molecule has 0 bridgehead atoms. The van der Waals surface area contributed by atoms with E-state index in [1.165, 1.54) is 15.9 Å². The molecule has 0 aromatic heterocycles. The number of benzene rings is 4. The predicted octanol–water partition coefficient (Wildman–Crippen LogP) is 8.66. The Morgan fingerprint density at radius 3 is 1.67 bits per heavy atom. The normalized spacial score (nSPS) is 13.3. The molecule has 0 unspecified atom stereocenters. The smallest absolute Gasteiger partial charge is 0.261 e. The highest BCUT2D eigenvalue weighted by molar-refractivity contribution is 6.99. The van der Waals surface area contributed by atoms with E-state index in [-0.39, 0.29) is 17.2 Å². The van der Waals surface area contributed by atoms with E-state index in [4.69, 9.17) is 13.9 Å². The van der Waals surface area contributed by atoms with Gasteiger partial charge < -0.3 is 13.9 Å². The third kappa shape index (κ3) is 10.6. The minimum absolute atomic E-state index is 0.0426. The van der Waals surface area contributed by atoms with Gasteiger partial charge in [-0.3, -0.25) is 4.79 Å². The topological polar surface area (TPSA) is 44.8 Å². The van der Waals surface area contributed by atoms with Gasteiger partial charge in [0.1, 0.15) is 5.78 Å². The van der Waals surface area contributed by atoms with Gasteiger partial charge in [0.05, 0.1) is 19.3 Å². The fraction of sp³-hybridized carbons (Fsp3) is 0.390. The van der Waals surface area contributed by atoms with Crippen LogP contribution in [0.1, 0.15) is 77.3 Å². The van der Waals surface area contributed by atoms with E-state index in [0.717, 1.165) is 24.8 Å². The maximum atomic E-state index is 13.1. The molecule has 0 heterocycles. The van der Waals surface area contributed by atoms with Crippen LogP contribution in [0.2, 0.25) is 5.04 Å².